The van der Waals surface area contributed by atoms with Crippen LogP contribution in [0, 0.1) is 5.82 Å². The fourth-order valence-corrected chi connectivity index (χ4v) is 4.65. The number of aromatic nitrogens is 4. The first-order valence-electron chi connectivity index (χ1n) is 12.6. The third kappa shape index (κ3) is 5.82. The van der Waals surface area contributed by atoms with E-state index < -0.39 is 29.8 Å². The zero-order chi connectivity index (χ0) is 28.8. The van der Waals surface area contributed by atoms with Crippen LogP contribution in [-0.2, 0) is 9.47 Å². The van der Waals surface area contributed by atoms with E-state index in [0.717, 1.165) is 25.3 Å². The molecule has 4 rings (SSSR count). The number of hydrogen-bond donors (Lipinski definition) is 1. The number of hydrogen-bond acceptors (Lipinski definition) is 9. The lowest BCUT2D eigenvalue weighted by molar-refractivity contribution is -0.122. The summed E-state index contributed by atoms with van der Waals surface area (Å²) in [7, 11) is 4.16. The molecule has 0 saturated heterocycles. The molecule has 1 heterocycles. The third-order valence-electron chi connectivity index (χ3n) is 6.66. The van der Waals surface area contributed by atoms with Gasteiger partial charge in [-0.1, -0.05) is 25.3 Å². The fourth-order valence-electron chi connectivity index (χ4n) is 4.65. The molecule has 0 spiro atoms. The van der Waals surface area contributed by atoms with Crippen LogP contribution in [0.1, 0.15) is 42.5 Å². The van der Waals surface area contributed by atoms with E-state index in [0.29, 0.717) is 22.2 Å². The lowest BCUT2D eigenvalue weighted by Crippen LogP contribution is -2.47. The lowest BCUT2D eigenvalue weighted by Gasteiger charge is -2.33. The number of carboxylic acid groups (broad SMARTS) is 1. The summed E-state index contributed by atoms with van der Waals surface area (Å²) in [6, 6.07) is 7.02. The van der Waals surface area contributed by atoms with Crippen LogP contribution in [0.15, 0.2) is 41.2 Å². The van der Waals surface area contributed by atoms with E-state index in [2.05, 4.69) is 10.4 Å². The molecule has 40 heavy (non-hydrogen) atoms. The van der Waals surface area contributed by atoms with E-state index in [1.807, 2.05) is 0 Å². The first-order valence-corrected chi connectivity index (χ1v) is 12.6. The van der Waals surface area contributed by atoms with Gasteiger partial charge in [-0.05, 0) is 53.6 Å². The number of halogens is 1. The number of carbonyl (C=O) groups is 2. The van der Waals surface area contributed by atoms with Crippen LogP contribution in [0.2, 0.25) is 0 Å². The van der Waals surface area contributed by atoms with E-state index >= 15 is 0 Å². The Bertz CT molecular complexity index is 1410. The number of benzene rings is 2. The fraction of sp³-hybridized carbons (Fsp3) is 0.423. The van der Waals surface area contributed by atoms with E-state index in [1.165, 1.54) is 56.6 Å². The number of anilines is 1. The Kier molecular flexibility index (Phi) is 9.11. The molecule has 1 aliphatic rings. The summed E-state index contributed by atoms with van der Waals surface area (Å²) in [5.41, 5.74) is -1.29. The Labute approximate surface area is 228 Å². The highest BCUT2D eigenvalue weighted by Crippen LogP contribution is 2.31. The number of ether oxygens (including phenoxy) is 4. The highest BCUT2D eigenvalue weighted by molar-refractivity contribution is 5.97. The number of aromatic carboxylic acids is 1. The molecule has 3 aromatic rings. The maximum atomic E-state index is 15.0. The number of rotatable bonds is 10. The highest BCUT2D eigenvalue weighted by Gasteiger charge is 2.32. The predicted octanol–water partition coefficient (Wildman–Crippen LogP) is 3.08. The summed E-state index contributed by atoms with van der Waals surface area (Å²) in [6.45, 7) is -0.121. The van der Waals surface area contributed by atoms with E-state index in [1.54, 1.807) is 0 Å². The molecule has 0 radical (unpaired) electrons. The predicted molar refractivity (Wildman–Crippen MR) is 139 cm³/mol. The van der Waals surface area contributed by atoms with Crippen LogP contribution in [0.5, 0.6) is 11.5 Å². The standard InChI is InChI=1S/C26H30FN5O8/c1-37-20-13-12-17(14-18(20)24(33)34)30(16-8-5-4-6-9-16)25(35)32-26(36)31(28-29-32)23-19(27)10-7-11-21(23)40-15-22(38-2)39-3/h7,10-14,16,22H,4-6,8-9,15H2,1-3H3,(H,33,34). The highest BCUT2D eigenvalue weighted by atomic mass is 19.1. The third-order valence-corrected chi connectivity index (χ3v) is 6.66. The summed E-state index contributed by atoms with van der Waals surface area (Å²) >= 11 is 0. The molecule has 13 nitrogen and oxygen atoms in total. The van der Waals surface area contributed by atoms with Gasteiger partial charge in [-0.3, -0.25) is 4.90 Å². The van der Waals surface area contributed by atoms with Crippen molar-refractivity contribution in [3.8, 4) is 17.2 Å². The number of tetrazole rings is 1. The minimum atomic E-state index is -1.24. The van der Waals surface area contributed by atoms with Gasteiger partial charge in [-0.25, -0.2) is 18.8 Å². The van der Waals surface area contributed by atoms with Gasteiger partial charge in [-0.15, -0.1) is 4.68 Å². The van der Waals surface area contributed by atoms with Crippen molar-refractivity contribution in [2.75, 3.05) is 32.8 Å². The Morgan fingerprint density at radius 3 is 2.45 bits per heavy atom. The number of nitrogens with zero attached hydrogens (tertiary/aromatic N) is 5. The molecule has 0 aliphatic heterocycles. The Hall–Kier alpha value is -4.30. The van der Waals surface area contributed by atoms with Crippen molar-refractivity contribution in [2.24, 2.45) is 0 Å². The second-order valence-electron chi connectivity index (χ2n) is 9.02. The summed E-state index contributed by atoms with van der Waals surface area (Å²) < 4.78 is 37.1. The molecule has 1 amide bonds. The van der Waals surface area contributed by atoms with Crippen LogP contribution in [0.4, 0.5) is 14.9 Å². The van der Waals surface area contributed by atoms with Crippen molar-refractivity contribution < 1.29 is 38.0 Å². The summed E-state index contributed by atoms with van der Waals surface area (Å²) in [4.78, 5) is 40.5. The molecule has 1 saturated carbocycles. The lowest BCUT2D eigenvalue weighted by atomic mass is 9.94. The second kappa shape index (κ2) is 12.7. The van der Waals surface area contributed by atoms with Crippen molar-refractivity contribution in [1.82, 2.24) is 19.8 Å². The van der Waals surface area contributed by atoms with Gasteiger partial charge in [0.25, 0.3) is 0 Å². The maximum Gasteiger partial charge on any atom is 0.377 e. The molecule has 14 heteroatoms. The van der Waals surface area contributed by atoms with Gasteiger partial charge in [0.2, 0.25) is 0 Å². The molecule has 214 valence electrons. The monoisotopic (exact) mass is 559 g/mol. The van der Waals surface area contributed by atoms with E-state index in [4.69, 9.17) is 18.9 Å². The smallest absolute Gasteiger partial charge is 0.377 e. The molecule has 1 fully saturated rings. The molecule has 1 aliphatic carbocycles. The molecule has 1 N–H and O–H groups in total. The van der Waals surface area contributed by atoms with E-state index in [-0.39, 0.29) is 41.1 Å². The van der Waals surface area contributed by atoms with Crippen LogP contribution in [0.25, 0.3) is 5.69 Å². The summed E-state index contributed by atoms with van der Waals surface area (Å²) in [6.07, 6.45) is 3.19. The molecule has 0 atom stereocenters. The zero-order valence-electron chi connectivity index (χ0n) is 22.3. The van der Waals surface area contributed by atoms with E-state index in [9.17, 15) is 23.9 Å². The number of amides is 1. The van der Waals surface area contributed by atoms with Crippen LogP contribution in [0.3, 0.4) is 0 Å². The van der Waals surface area contributed by atoms with Crippen LogP contribution < -0.4 is 20.1 Å². The van der Waals surface area contributed by atoms with Crippen molar-refractivity contribution >= 4 is 17.7 Å². The first kappa shape index (κ1) is 28.7. The molecular formula is C26H30FN5O8. The Balaban J connectivity index is 1.75. The van der Waals surface area contributed by atoms with Gasteiger partial charge >= 0.3 is 17.7 Å². The second-order valence-corrected chi connectivity index (χ2v) is 9.02. The van der Waals surface area contributed by atoms with Gasteiger partial charge in [0.15, 0.2) is 12.1 Å². The average molecular weight is 560 g/mol. The summed E-state index contributed by atoms with van der Waals surface area (Å²) in [5, 5.41) is 17.2. The minimum absolute atomic E-state index is 0.0499. The molecule has 1 aromatic heterocycles. The maximum absolute atomic E-state index is 15.0. The zero-order valence-corrected chi connectivity index (χ0v) is 22.3. The molecular weight excluding hydrogens is 529 g/mol. The van der Waals surface area contributed by atoms with Crippen molar-refractivity contribution in [1.29, 1.82) is 0 Å². The van der Waals surface area contributed by atoms with Gasteiger partial charge < -0.3 is 24.1 Å². The molecule has 0 unspecified atom stereocenters. The molecule has 0 bridgehead atoms. The number of methoxy groups -OCH3 is 3. The molecule has 2 aromatic carbocycles. The van der Waals surface area contributed by atoms with Crippen molar-refractivity contribution in [2.45, 2.75) is 44.4 Å². The number of carbonyl (C=O) groups excluding carboxylic acids is 1. The Morgan fingerprint density at radius 1 is 1.07 bits per heavy atom. The van der Waals surface area contributed by atoms with Crippen molar-refractivity contribution in [3.63, 3.8) is 0 Å². The summed E-state index contributed by atoms with van der Waals surface area (Å²) in [5.74, 6) is -2.01. The SMILES string of the molecule is COc1ccc(N(C(=O)n2nnn(-c3c(F)cccc3OCC(OC)OC)c2=O)C2CCCCC2)cc1C(=O)O. The van der Waals surface area contributed by atoms with Crippen molar-refractivity contribution in [3.05, 3.63) is 58.3 Å². The Morgan fingerprint density at radius 2 is 1.80 bits per heavy atom. The number of carboxylic acids is 1. The number of para-hydroxylation sites is 1. The van der Waals surface area contributed by atoms with Crippen LogP contribution >= 0.6 is 0 Å². The minimum Gasteiger partial charge on any atom is -0.496 e. The average Bonchev–Trinajstić information content (AvgIpc) is 3.34. The topological polar surface area (TPSA) is 147 Å². The van der Waals surface area contributed by atoms with Gasteiger partial charge in [0.05, 0.1) is 7.11 Å². The van der Waals surface area contributed by atoms with Gasteiger partial charge in [-0.2, -0.15) is 4.68 Å². The van der Waals surface area contributed by atoms with Crippen LogP contribution in [-0.4, -0.2) is 77.2 Å². The largest absolute Gasteiger partial charge is 0.496 e. The first-order chi connectivity index (χ1) is 19.3. The quantitative estimate of drug-likeness (QED) is 0.290. The van der Waals surface area contributed by atoms with Gasteiger partial charge in [0, 0.05) is 25.9 Å². The normalized spacial score (nSPS) is 13.8. The van der Waals surface area contributed by atoms with Gasteiger partial charge in [0.1, 0.15) is 29.4 Å².